The number of hydrogen-bond donors (Lipinski definition) is 2. The Labute approximate surface area is 186 Å². The molecule has 0 spiro atoms. The largest absolute Gasteiger partial charge is 0.479 e. The van der Waals surface area contributed by atoms with E-state index in [-0.39, 0.29) is 6.04 Å². The smallest absolute Gasteiger partial charge is 0.331 e. The minimum absolute atomic E-state index is 0.220. The summed E-state index contributed by atoms with van der Waals surface area (Å²) in [6, 6.07) is 1.45. The number of hydrazone groups is 1. The number of hydrogen-bond acceptors (Lipinski definition) is 7. The molecule has 0 saturated heterocycles. The molecule has 4 aliphatic rings. The Morgan fingerprint density at radius 1 is 1.26 bits per heavy atom. The maximum Gasteiger partial charge on any atom is 0.331 e. The number of allylic oxidation sites excluding steroid dienone is 2. The van der Waals surface area contributed by atoms with Gasteiger partial charge in [0.15, 0.2) is 6.04 Å². The van der Waals surface area contributed by atoms with Crippen LogP contribution in [-0.4, -0.2) is 49.4 Å². The third-order valence-corrected chi connectivity index (χ3v) is 6.84. The number of halogens is 1. The summed E-state index contributed by atoms with van der Waals surface area (Å²) in [7, 11) is 0. The van der Waals surface area contributed by atoms with Gasteiger partial charge in [0.25, 0.3) is 0 Å². The topological polar surface area (TPSA) is 94.0 Å². The van der Waals surface area contributed by atoms with Crippen molar-refractivity contribution in [1.82, 2.24) is 25.2 Å². The molecule has 1 unspecified atom stereocenters. The van der Waals surface area contributed by atoms with Gasteiger partial charge in [-0.1, -0.05) is 11.6 Å². The average Bonchev–Trinajstić information content (AvgIpc) is 3.09. The van der Waals surface area contributed by atoms with Crippen LogP contribution in [0.5, 0.6) is 0 Å². The molecule has 9 heteroatoms. The van der Waals surface area contributed by atoms with E-state index in [1.165, 1.54) is 0 Å². The Bertz CT molecular complexity index is 1020. The first-order valence-corrected chi connectivity index (χ1v) is 11.1. The Hall–Kier alpha value is -2.87. The fourth-order valence-corrected chi connectivity index (χ4v) is 5.20. The van der Waals surface area contributed by atoms with Crippen LogP contribution >= 0.6 is 11.6 Å². The molecule has 1 aromatic heterocycles. The van der Waals surface area contributed by atoms with Gasteiger partial charge < -0.3 is 10.4 Å². The fraction of sp³-hybridized carbons (Fsp3) is 0.455. The van der Waals surface area contributed by atoms with Crippen molar-refractivity contribution < 1.29 is 9.90 Å². The van der Waals surface area contributed by atoms with Crippen LogP contribution in [0.3, 0.4) is 0 Å². The highest BCUT2D eigenvalue weighted by atomic mass is 35.5. The standard InChI is InChI=1S/C22H25ClN6O2/c1-13-24-9-8-18(27-13)14-2-5-16(6-3-14)29-20-11-25-19-10-15(23)4-7-17(19)21(22(30)31)28(20)12-26-29/h8-12,14,16,21,25H,2-7H2,1H3,(H,30,31)/t14-,16-,21?. The summed E-state index contributed by atoms with van der Waals surface area (Å²) in [6.07, 6.45) is 12.4. The quantitative estimate of drug-likeness (QED) is 0.743. The van der Waals surface area contributed by atoms with Crippen LogP contribution in [-0.2, 0) is 4.79 Å². The first-order valence-electron chi connectivity index (χ1n) is 10.7. The number of carboxylic acid groups (broad SMARTS) is 1. The van der Waals surface area contributed by atoms with Gasteiger partial charge in [-0.05, 0) is 63.2 Å². The summed E-state index contributed by atoms with van der Waals surface area (Å²) >= 11 is 6.22. The summed E-state index contributed by atoms with van der Waals surface area (Å²) in [6.45, 7) is 1.92. The number of aromatic nitrogens is 2. The van der Waals surface area contributed by atoms with E-state index in [4.69, 9.17) is 11.6 Å². The van der Waals surface area contributed by atoms with E-state index in [9.17, 15) is 9.90 Å². The zero-order valence-electron chi connectivity index (χ0n) is 17.3. The molecule has 0 amide bonds. The highest BCUT2D eigenvalue weighted by molar-refractivity contribution is 6.29. The van der Waals surface area contributed by atoms with Gasteiger partial charge in [0, 0.05) is 34.7 Å². The number of carboxylic acids is 1. The second-order valence-electron chi connectivity index (χ2n) is 8.43. The lowest BCUT2D eigenvalue weighted by atomic mass is 9.83. The molecule has 0 bridgehead atoms. The van der Waals surface area contributed by atoms with E-state index in [0.29, 0.717) is 18.8 Å². The monoisotopic (exact) mass is 440 g/mol. The van der Waals surface area contributed by atoms with Gasteiger partial charge in [-0.25, -0.2) is 19.8 Å². The van der Waals surface area contributed by atoms with Crippen LogP contribution in [0.2, 0.25) is 0 Å². The van der Waals surface area contributed by atoms with E-state index >= 15 is 0 Å². The number of aliphatic carboxylic acids is 1. The molecule has 2 N–H and O–H groups in total. The maximum absolute atomic E-state index is 12.2. The molecule has 2 aliphatic carbocycles. The molecule has 31 heavy (non-hydrogen) atoms. The summed E-state index contributed by atoms with van der Waals surface area (Å²) in [5, 5.41) is 20.6. The van der Waals surface area contributed by atoms with Crippen molar-refractivity contribution in [2.45, 2.75) is 63.5 Å². The molecule has 8 nitrogen and oxygen atoms in total. The molecule has 1 aromatic rings. The molecule has 2 aliphatic heterocycles. The number of nitrogens with zero attached hydrogens (tertiary/aromatic N) is 5. The number of rotatable bonds is 3. The van der Waals surface area contributed by atoms with E-state index < -0.39 is 12.0 Å². The van der Waals surface area contributed by atoms with E-state index in [2.05, 4.69) is 20.4 Å². The van der Waals surface area contributed by atoms with Crippen molar-refractivity contribution in [3.05, 3.63) is 58.2 Å². The average molecular weight is 441 g/mol. The van der Waals surface area contributed by atoms with Gasteiger partial charge in [0.2, 0.25) is 0 Å². The highest BCUT2D eigenvalue weighted by Crippen LogP contribution is 2.39. The molecule has 5 rings (SSSR count). The van der Waals surface area contributed by atoms with Gasteiger partial charge in [-0.3, -0.25) is 4.90 Å². The molecule has 162 valence electrons. The second-order valence-corrected chi connectivity index (χ2v) is 8.92. The van der Waals surface area contributed by atoms with Gasteiger partial charge in [-0.2, -0.15) is 5.10 Å². The first-order chi connectivity index (χ1) is 15.0. The van der Waals surface area contributed by atoms with Crippen LogP contribution < -0.4 is 5.32 Å². The van der Waals surface area contributed by atoms with E-state index in [0.717, 1.165) is 59.3 Å². The van der Waals surface area contributed by atoms with Crippen LogP contribution in [0, 0.1) is 6.92 Å². The molecule has 1 fully saturated rings. The van der Waals surface area contributed by atoms with Gasteiger partial charge in [-0.15, -0.1) is 0 Å². The number of fused-ring (bicyclic) bond motifs is 1. The van der Waals surface area contributed by atoms with E-state index in [1.807, 2.05) is 36.5 Å². The molecule has 1 atom stereocenters. The maximum atomic E-state index is 12.2. The summed E-state index contributed by atoms with van der Waals surface area (Å²) < 4.78 is 0. The Balaban J connectivity index is 1.34. The van der Waals surface area contributed by atoms with Crippen molar-refractivity contribution >= 4 is 23.9 Å². The molecule has 0 radical (unpaired) electrons. The third kappa shape index (κ3) is 3.69. The SMILES string of the molecule is Cc1nccc([C@H]2CC[C@H](N3N=CN4C3=CNC3=C(CCC(Cl)=C3)C4C(=O)O)CC2)n1. The minimum atomic E-state index is -0.885. The Kier molecular flexibility index (Phi) is 5.17. The van der Waals surface area contributed by atoms with Crippen molar-refractivity contribution in [3.63, 3.8) is 0 Å². The van der Waals surface area contributed by atoms with Gasteiger partial charge in [0.05, 0.1) is 6.04 Å². The lowest BCUT2D eigenvalue weighted by Gasteiger charge is -2.35. The van der Waals surface area contributed by atoms with Crippen molar-refractivity contribution in [2.24, 2.45) is 5.10 Å². The van der Waals surface area contributed by atoms with E-state index in [1.54, 1.807) is 11.2 Å². The first kappa shape index (κ1) is 20.1. The summed E-state index contributed by atoms with van der Waals surface area (Å²) in [4.78, 5) is 22.8. The molecule has 0 aromatic carbocycles. The predicted molar refractivity (Wildman–Crippen MR) is 117 cm³/mol. The summed E-state index contributed by atoms with van der Waals surface area (Å²) in [5.74, 6) is 1.12. The molecular formula is C22H25ClN6O2. The molecule has 3 heterocycles. The van der Waals surface area contributed by atoms with Crippen molar-refractivity contribution in [2.75, 3.05) is 0 Å². The highest BCUT2D eigenvalue weighted by Gasteiger charge is 2.41. The molecule has 1 saturated carbocycles. The Morgan fingerprint density at radius 3 is 2.81 bits per heavy atom. The van der Waals surface area contributed by atoms with Crippen LogP contribution in [0.25, 0.3) is 0 Å². The lowest BCUT2D eigenvalue weighted by Crippen LogP contribution is -2.43. The minimum Gasteiger partial charge on any atom is -0.479 e. The third-order valence-electron chi connectivity index (χ3n) is 6.54. The normalized spacial score (nSPS) is 27.7. The van der Waals surface area contributed by atoms with Crippen LogP contribution in [0.1, 0.15) is 56.0 Å². The van der Waals surface area contributed by atoms with Crippen molar-refractivity contribution in [1.29, 1.82) is 0 Å². The zero-order valence-corrected chi connectivity index (χ0v) is 18.1. The Morgan fingerprint density at radius 2 is 2.06 bits per heavy atom. The number of carbonyl (C=O) groups is 1. The number of nitrogens with one attached hydrogen (secondary N) is 1. The van der Waals surface area contributed by atoms with Crippen LogP contribution in [0.4, 0.5) is 0 Å². The fourth-order valence-electron chi connectivity index (χ4n) is 4.99. The van der Waals surface area contributed by atoms with Crippen LogP contribution in [0.15, 0.2) is 51.8 Å². The second kappa shape index (κ2) is 8.00. The summed E-state index contributed by atoms with van der Waals surface area (Å²) in [5.41, 5.74) is 2.72. The molecular weight excluding hydrogens is 416 g/mol. The predicted octanol–water partition coefficient (Wildman–Crippen LogP) is 3.40. The van der Waals surface area contributed by atoms with Gasteiger partial charge >= 0.3 is 5.97 Å². The van der Waals surface area contributed by atoms with Crippen molar-refractivity contribution in [3.8, 4) is 0 Å². The zero-order chi connectivity index (χ0) is 21.5. The van der Waals surface area contributed by atoms with Gasteiger partial charge in [0.1, 0.15) is 18.0 Å². The number of aryl methyl sites for hydroxylation is 1. The lowest BCUT2D eigenvalue weighted by molar-refractivity contribution is -0.140.